The summed E-state index contributed by atoms with van der Waals surface area (Å²) in [5, 5.41) is 0.0400. The fourth-order valence-electron chi connectivity index (χ4n) is 3.64. The minimum Gasteiger partial charge on any atom is -0.292 e. The van der Waals surface area contributed by atoms with Crippen molar-refractivity contribution >= 4 is 17.5 Å². The van der Waals surface area contributed by atoms with Crippen LogP contribution in [0.5, 0.6) is 0 Å². The van der Waals surface area contributed by atoms with E-state index in [1.165, 1.54) is 25.7 Å². The van der Waals surface area contributed by atoms with Crippen LogP contribution in [-0.2, 0) is 0 Å². The van der Waals surface area contributed by atoms with E-state index in [0.717, 1.165) is 23.5 Å². The van der Waals surface area contributed by atoms with Crippen LogP contribution in [0.4, 0.5) is 14.7 Å². The molecule has 4 heterocycles. The molecule has 39 heavy (non-hydrogen) atoms. The second-order valence-corrected chi connectivity index (χ2v) is 8.77. The molecular weight excluding hydrogens is 526 g/mol. The third-order valence-corrected chi connectivity index (χ3v) is 5.93. The summed E-state index contributed by atoms with van der Waals surface area (Å²) in [5.41, 5.74) is 6.29. The van der Waals surface area contributed by atoms with Crippen LogP contribution in [0.3, 0.4) is 0 Å². The number of nitrogens with one attached hydrogen (secondary N) is 1. The molecule has 2 saturated carbocycles. The Kier molecular flexibility index (Phi) is 11.7. The number of hydrogen-bond donors (Lipinski definition) is 4. The Morgan fingerprint density at radius 1 is 0.718 bits per heavy atom. The minimum atomic E-state index is -0.483. The molecule has 0 unspecified atom stereocenters. The maximum absolute atomic E-state index is 13.7. The fourth-order valence-corrected chi connectivity index (χ4v) is 3.77. The molecule has 0 spiro atoms. The smallest absolute Gasteiger partial charge is 0.237 e. The summed E-state index contributed by atoms with van der Waals surface area (Å²) in [5.74, 6) is 13.6. The maximum Gasteiger partial charge on any atom is 0.237 e. The van der Waals surface area contributed by atoms with Gasteiger partial charge in [0.2, 0.25) is 11.2 Å². The van der Waals surface area contributed by atoms with Crippen LogP contribution < -0.4 is 23.0 Å². The topological polar surface area (TPSA) is 167 Å². The van der Waals surface area contributed by atoms with Gasteiger partial charge in [-0.25, -0.2) is 34.6 Å². The Balaban J connectivity index is 0.000000246. The number of nitrogens with two attached hydrogens (primary N) is 3. The van der Waals surface area contributed by atoms with Crippen molar-refractivity contribution in [3.63, 3.8) is 0 Å². The average molecular weight is 559 g/mol. The number of nitrogen functional groups attached to an aromatic ring is 1. The van der Waals surface area contributed by atoms with Gasteiger partial charge in [-0.1, -0.05) is 14.9 Å². The molecule has 0 atom stereocenters. The lowest BCUT2D eigenvalue weighted by Crippen LogP contribution is -2.11. The zero-order valence-electron chi connectivity index (χ0n) is 19.7. The van der Waals surface area contributed by atoms with Crippen LogP contribution in [0.15, 0.2) is 49.3 Å². The Hall–Kier alpha value is -3.71. The summed E-state index contributed by atoms with van der Waals surface area (Å²) in [6.45, 7) is 0. The molecular formula is C26H33ClF2N10. The van der Waals surface area contributed by atoms with Gasteiger partial charge in [-0.15, -0.1) is 0 Å². The molecule has 0 saturated heterocycles. The predicted molar refractivity (Wildman–Crippen MR) is 149 cm³/mol. The summed E-state index contributed by atoms with van der Waals surface area (Å²) in [7, 11) is 0. The molecule has 13 heteroatoms. The van der Waals surface area contributed by atoms with E-state index < -0.39 is 11.6 Å². The molecule has 0 amide bonds. The van der Waals surface area contributed by atoms with E-state index in [4.69, 9.17) is 17.4 Å². The van der Waals surface area contributed by atoms with E-state index in [1.54, 1.807) is 12.4 Å². The summed E-state index contributed by atoms with van der Waals surface area (Å²) in [6, 6.07) is 3.85. The number of anilines is 1. The van der Waals surface area contributed by atoms with Crippen LogP contribution in [0.1, 0.15) is 63.5 Å². The first-order chi connectivity index (χ1) is 18.0. The van der Waals surface area contributed by atoms with Gasteiger partial charge >= 0.3 is 0 Å². The van der Waals surface area contributed by atoms with Crippen LogP contribution in [0.25, 0.3) is 22.5 Å². The number of hydrogen-bond acceptors (Lipinski definition) is 10. The molecule has 2 aliphatic carbocycles. The van der Waals surface area contributed by atoms with Gasteiger partial charge in [-0.05, 0) is 72.4 Å². The van der Waals surface area contributed by atoms with E-state index in [1.807, 2.05) is 24.5 Å². The van der Waals surface area contributed by atoms with Crippen LogP contribution in [0.2, 0.25) is 5.28 Å². The monoisotopic (exact) mass is 558 g/mol. The molecule has 7 N–H and O–H groups in total. The Bertz CT molecular complexity index is 1370. The Morgan fingerprint density at radius 2 is 1.18 bits per heavy atom. The highest BCUT2D eigenvalue weighted by Crippen LogP contribution is 2.41. The number of nitrogens with zero attached hydrogens (tertiary/aromatic N) is 6. The van der Waals surface area contributed by atoms with Crippen molar-refractivity contribution in [1.82, 2.24) is 29.9 Å². The zero-order valence-corrected chi connectivity index (χ0v) is 20.4. The first kappa shape index (κ1) is 31.5. The molecule has 6 rings (SSSR count). The second-order valence-electron chi connectivity index (χ2n) is 8.43. The second kappa shape index (κ2) is 14.4. The van der Waals surface area contributed by atoms with Gasteiger partial charge in [0, 0.05) is 35.9 Å². The minimum absolute atomic E-state index is 0. The van der Waals surface area contributed by atoms with Gasteiger partial charge < -0.3 is 0 Å². The highest BCUT2D eigenvalue weighted by Gasteiger charge is 2.25. The largest absolute Gasteiger partial charge is 0.292 e. The molecule has 4 aromatic heterocycles. The van der Waals surface area contributed by atoms with Gasteiger partial charge in [0.15, 0.2) is 11.6 Å². The molecule has 0 aromatic carbocycles. The lowest BCUT2D eigenvalue weighted by Gasteiger charge is -2.06. The molecule has 2 fully saturated rings. The van der Waals surface area contributed by atoms with E-state index in [0.29, 0.717) is 23.0 Å². The van der Waals surface area contributed by atoms with Crippen LogP contribution in [0, 0.1) is 11.6 Å². The first-order valence-electron chi connectivity index (χ1n) is 11.4. The van der Waals surface area contributed by atoms with Crippen molar-refractivity contribution in [2.24, 2.45) is 17.5 Å². The quantitative estimate of drug-likeness (QED) is 0.146. The van der Waals surface area contributed by atoms with Gasteiger partial charge in [0.1, 0.15) is 11.4 Å². The molecule has 0 bridgehead atoms. The van der Waals surface area contributed by atoms with E-state index in [2.05, 4.69) is 47.0 Å². The lowest BCUT2D eigenvalue weighted by molar-refractivity contribution is 0.618. The zero-order chi connectivity index (χ0) is 26.4. The Labute approximate surface area is 231 Å². The normalized spacial score (nSPS) is 13.4. The van der Waals surface area contributed by atoms with Crippen molar-refractivity contribution < 1.29 is 8.78 Å². The van der Waals surface area contributed by atoms with E-state index in [9.17, 15) is 8.78 Å². The number of aromatic nitrogens is 6. The highest BCUT2D eigenvalue weighted by molar-refractivity contribution is 6.28. The molecule has 10 nitrogen and oxygen atoms in total. The third kappa shape index (κ3) is 8.14. The average Bonchev–Trinajstić information content (AvgIpc) is 3.85. The summed E-state index contributed by atoms with van der Waals surface area (Å²) in [4.78, 5) is 23.5. The first-order valence-corrected chi connectivity index (χ1v) is 11.8. The van der Waals surface area contributed by atoms with Crippen LogP contribution in [-0.4, -0.2) is 29.9 Å². The van der Waals surface area contributed by atoms with Gasteiger partial charge in [0.05, 0.1) is 12.4 Å². The molecule has 208 valence electrons. The summed E-state index contributed by atoms with van der Waals surface area (Å²) >= 11 is 5.67. The third-order valence-electron chi connectivity index (χ3n) is 5.75. The Morgan fingerprint density at radius 3 is 1.64 bits per heavy atom. The summed E-state index contributed by atoms with van der Waals surface area (Å²) in [6.07, 6.45) is 13.7. The van der Waals surface area contributed by atoms with Crippen molar-refractivity contribution in [3.05, 3.63) is 77.4 Å². The molecule has 2 aliphatic rings. The SMILES string of the molecule is C.C.Fc1cnc(Cl)nc1-c1cncc(C2CC2)c1.NN.NNc1ncc(F)c(-c2cncc(C3CC3)c2)n1. The van der Waals surface area contributed by atoms with Crippen molar-refractivity contribution in [2.45, 2.75) is 52.4 Å². The fraction of sp³-hybridized carbons (Fsp3) is 0.308. The van der Waals surface area contributed by atoms with Crippen LogP contribution >= 0.6 is 11.6 Å². The standard InChI is InChI=1S/C12H9ClFN3.C12H12FN5.2CH4.H4N2/c13-12-16-6-10(14)11(17-12)9-3-8(4-15-5-9)7-1-2-7;13-10-6-16-12(18-14)17-11(10)9-3-8(4-15-5-9)7-1-2-7;;;1-2/h3-7H,1-2H2;3-7H,1-2,14H2,(H,16,17,18);2*1H4;1-2H2. The van der Waals surface area contributed by atoms with Crippen molar-refractivity contribution in [3.8, 4) is 22.5 Å². The summed E-state index contributed by atoms with van der Waals surface area (Å²) < 4.78 is 27.3. The number of hydrazine groups is 2. The van der Waals surface area contributed by atoms with E-state index >= 15 is 0 Å². The lowest BCUT2D eigenvalue weighted by atomic mass is 10.1. The van der Waals surface area contributed by atoms with Gasteiger partial charge in [0.25, 0.3) is 0 Å². The molecule has 0 radical (unpaired) electrons. The van der Waals surface area contributed by atoms with Crippen molar-refractivity contribution in [1.29, 1.82) is 0 Å². The van der Waals surface area contributed by atoms with Gasteiger partial charge in [-0.3, -0.25) is 27.1 Å². The number of pyridine rings is 2. The number of rotatable bonds is 5. The predicted octanol–water partition coefficient (Wildman–Crippen LogP) is 5.14. The van der Waals surface area contributed by atoms with Crippen molar-refractivity contribution in [2.75, 3.05) is 5.43 Å². The molecule has 4 aromatic rings. The highest BCUT2D eigenvalue weighted by atomic mass is 35.5. The number of halogens is 3. The maximum atomic E-state index is 13.7. The molecule has 0 aliphatic heterocycles. The van der Waals surface area contributed by atoms with E-state index in [-0.39, 0.29) is 37.5 Å². The van der Waals surface area contributed by atoms with Gasteiger partial charge in [-0.2, -0.15) is 0 Å².